The van der Waals surface area contributed by atoms with Crippen LogP contribution < -0.4 is 5.32 Å². The van der Waals surface area contributed by atoms with Crippen molar-refractivity contribution in [2.75, 3.05) is 6.61 Å². The number of pyridine rings is 1. The lowest BCUT2D eigenvalue weighted by Crippen LogP contribution is -2.36. The van der Waals surface area contributed by atoms with Gasteiger partial charge in [0.1, 0.15) is 0 Å². The number of cyclic esters (lactones) is 1. The molecule has 0 saturated carbocycles. The summed E-state index contributed by atoms with van der Waals surface area (Å²) in [6.45, 7) is 3.83. The van der Waals surface area contributed by atoms with Crippen molar-refractivity contribution in [2.45, 2.75) is 84.0 Å². The summed E-state index contributed by atoms with van der Waals surface area (Å²) < 4.78 is 48.7. The van der Waals surface area contributed by atoms with Gasteiger partial charge in [0.25, 0.3) is 0 Å². The fourth-order valence-corrected chi connectivity index (χ4v) is 3.82. The minimum atomic E-state index is -4.49. The number of Topliss-reactive ketones (excluding diaryl/α,β-unsaturated/α-hetero) is 1. The number of halogens is 3. The molecule has 1 aliphatic heterocycles. The first kappa shape index (κ1) is 27.6. The molecule has 0 aliphatic carbocycles. The zero-order valence-corrected chi connectivity index (χ0v) is 19.7. The van der Waals surface area contributed by atoms with Crippen LogP contribution in [0, 0.1) is 11.8 Å². The molecule has 0 bridgehead atoms. The summed E-state index contributed by atoms with van der Waals surface area (Å²) in [5.74, 6) is -0.881. The molecule has 7 nitrogen and oxygen atoms in total. The van der Waals surface area contributed by atoms with Crippen molar-refractivity contribution in [3.05, 3.63) is 29.6 Å². The summed E-state index contributed by atoms with van der Waals surface area (Å²) in [4.78, 5) is 41.0. The number of carbonyl (C=O) groups excluding carboxylic acids is 3. The summed E-state index contributed by atoms with van der Waals surface area (Å²) in [7, 11) is 0. The van der Waals surface area contributed by atoms with E-state index in [0.29, 0.717) is 44.7 Å². The molecule has 2 heterocycles. The van der Waals surface area contributed by atoms with Crippen molar-refractivity contribution in [3.8, 4) is 0 Å². The smallest absolute Gasteiger partial charge is 0.417 e. The van der Waals surface area contributed by atoms with Gasteiger partial charge in [-0.15, -0.1) is 0 Å². The Hall–Kier alpha value is -2.65. The summed E-state index contributed by atoms with van der Waals surface area (Å²) in [5, 5.41) is 2.45. The predicted molar refractivity (Wildman–Crippen MR) is 118 cm³/mol. The fourth-order valence-electron chi connectivity index (χ4n) is 3.82. The van der Waals surface area contributed by atoms with Crippen LogP contribution in [-0.4, -0.2) is 35.5 Å². The normalized spacial score (nSPS) is 23.5. The number of hydrogen-bond acceptors (Lipinski definition) is 6. The molecule has 1 saturated heterocycles. The van der Waals surface area contributed by atoms with Crippen LogP contribution in [0.15, 0.2) is 18.3 Å². The van der Waals surface area contributed by atoms with Gasteiger partial charge in [0, 0.05) is 12.1 Å². The topological polar surface area (TPSA) is 94.6 Å². The number of alkyl halides is 3. The number of esters is 1. The number of nitrogens with one attached hydrogen (secondary N) is 1. The molecule has 0 spiro atoms. The Morgan fingerprint density at radius 3 is 2.53 bits per heavy atom. The predicted octanol–water partition coefficient (Wildman–Crippen LogP) is 5.21. The van der Waals surface area contributed by atoms with E-state index in [-0.39, 0.29) is 42.4 Å². The van der Waals surface area contributed by atoms with Gasteiger partial charge in [-0.25, -0.2) is 4.79 Å². The number of aromatic nitrogens is 1. The molecule has 2 rings (SSSR count). The standard InChI is InChI=1S/C24H33F3N2O5/c1-3-17-9-5-4-6-10-20(21(30)16(2)8-7-13-33-22(17)31)34-23(32)29-15-19-12-11-18(14-28-19)24(25,26)27/h11-12,14,16-17,20H,3-10,13,15H2,1-2H3,(H,29,32)/t16-,17-,20?/m1/s1. The first-order valence-electron chi connectivity index (χ1n) is 11.8. The van der Waals surface area contributed by atoms with E-state index in [1.54, 1.807) is 6.92 Å². The van der Waals surface area contributed by atoms with Gasteiger partial charge in [-0.2, -0.15) is 13.2 Å². The Morgan fingerprint density at radius 1 is 1.15 bits per heavy atom. The Morgan fingerprint density at radius 2 is 1.88 bits per heavy atom. The molecule has 1 amide bonds. The van der Waals surface area contributed by atoms with E-state index in [1.807, 2.05) is 6.92 Å². The van der Waals surface area contributed by atoms with E-state index >= 15 is 0 Å². The van der Waals surface area contributed by atoms with E-state index < -0.39 is 23.9 Å². The zero-order chi connectivity index (χ0) is 25.1. The number of ketones is 1. The highest BCUT2D eigenvalue weighted by atomic mass is 19.4. The highest BCUT2D eigenvalue weighted by Gasteiger charge is 2.31. The molecule has 190 valence electrons. The van der Waals surface area contributed by atoms with Crippen molar-refractivity contribution < 1.29 is 37.0 Å². The van der Waals surface area contributed by atoms with Gasteiger partial charge in [-0.05, 0) is 50.7 Å². The SMILES string of the molecule is CC[C@@H]1CCCCCC(OC(=O)NCc2ccc(C(F)(F)F)cn2)C(=O)[C@H](C)CCCOC1=O. The Bertz CT molecular complexity index is 814. The van der Waals surface area contributed by atoms with Crippen molar-refractivity contribution in [1.29, 1.82) is 0 Å². The van der Waals surface area contributed by atoms with E-state index in [4.69, 9.17) is 9.47 Å². The second-order valence-corrected chi connectivity index (χ2v) is 8.64. The van der Waals surface area contributed by atoms with E-state index in [1.165, 1.54) is 6.07 Å². The van der Waals surface area contributed by atoms with Crippen molar-refractivity contribution in [3.63, 3.8) is 0 Å². The third-order valence-electron chi connectivity index (χ3n) is 5.99. The minimum Gasteiger partial charge on any atom is -0.465 e. The maximum Gasteiger partial charge on any atom is 0.417 e. The van der Waals surface area contributed by atoms with Crippen LogP contribution >= 0.6 is 0 Å². The molecule has 3 atom stereocenters. The molecule has 1 aliphatic rings. The number of ether oxygens (including phenoxy) is 2. The highest BCUT2D eigenvalue weighted by molar-refractivity contribution is 5.87. The van der Waals surface area contributed by atoms with Crippen LogP contribution in [-0.2, 0) is 31.8 Å². The number of amides is 1. The van der Waals surface area contributed by atoms with Gasteiger partial charge in [-0.3, -0.25) is 14.6 Å². The van der Waals surface area contributed by atoms with E-state index in [2.05, 4.69) is 10.3 Å². The molecule has 0 radical (unpaired) electrons. The lowest BCUT2D eigenvalue weighted by Gasteiger charge is -2.22. The quantitative estimate of drug-likeness (QED) is 0.587. The zero-order valence-electron chi connectivity index (χ0n) is 19.7. The second-order valence-electron chi connectivity index (χ2n) is 8.64. The van der Waals surface area contributed by atoms with Crippen LogP contribution in [0.5, 0.6) is 0 Å². The third kappa shape index (κ3) is 8.95. The average molecular weight is 487 g/mol. The van der Waals surface area contributed by atoms with Gasteiger partial charge >= 0.3 is 18.2 Å². The minimum absolute atomic E-state index is 0.126. The maximum atomic E-state index is 12.9. The molecule has 1 N–H and O–H groups in total. The van der Waals surface area contributed by atoms with Gasteiger partial charge < -0.3 is 14.8 Å². The maximum absolute atomic E-state index is 12.9. The number of rotatable bonds is 4. The Kier molecular flexibility index (Phi) is 10.8. The van der Waals surface area contributed by atoms with Crippen LogP contribution in [0.25, 0.3) is 0 Å². The number of hydrogen-bond donors (Lipinski definition) is 1. The van der Waals surface area contributed by atoms with E-state index in [9.17, 15) is 27.6 Å². The van der Waals surface area contributed by atoms with Gasteiger partial charge in [0.2, 0.25) is 0 Å². The highest BCUT2D eigenvalue weighted by Crippen LogP contribution is 2.28. The van der Waals surface area contributed by atoms with Crippen molar-refractivity contribution in [2.24, 2.45) is 11.8 Å². The van der Waals surface area contributed by atoms with Crippen LogP contribution in [0.2, 0.25) is 0 Å². The lowest BCUT2D eigenvalue weighted by molar-refractivity contribution is -0.149. The molecule has 1 aromatic rings. The molecule has 1 fully saturated rings. The van der Waals surface area contributed by atoms with Gasteiger partial charge in [0.05, 0.1) is 30.3 Å². The van der Waals surface area contributed by atoms with Crippen LogP contribution in [0.4, 0.5) is 18.0 Å². The Labute approximate surface area is 197 Å². The summed E-state index contributed by atoms with van der Waals surface area (Å²) in [6, 6.07) is 2.06. The number of nitrogens with zero attached hydrogens (tertiary/aromatic N) is 1. The van der Waals surface area contributed by atoms with E-state index in [0.717, 1.165) is 18.9 Å². The average Bonchev–Trinajstić information content (AvgIpc) is 2.80. The molecular formula is C24H33F3N2O5. The largest absolute Gasteiger partial charge is 0.465 e. The molecule has 1 unspecified atom stereocenters. The molecule has 34 heavy (non-hydrogen) atoms. The Balaban J connectivity index is 1.93. The fraction of sp³-hybridized carbons (Fsp3) is 0.667. The molecule has 1 aromatic heterocycles. The molecule has 10 heteroatoms. The first-order chi connectivity index (χ1) is 16.1. The van der Waals surface area contributed by atoms with Crippen molar-refractivity contribution in [1.82, 2.24) is 10.3 Å². The summed E-state index contributed by atoms with van der Waals surface area (Å²) >= 11 is 0. The summed E-state index contributed by atoms with van der Waals surface area (Å²) in [5.41, 5.74) is -0.645. The lowest BCUT2D eigenvalue weighted by atomic mass is 9.92. The number of alkyl carbamates (subject to hydrolysis) is 1. The van der Waals surface area contributed by atoms with Crippen LogP contribution in [0.3, 0.4) is 0 Å². The summed E-state index contributed by atoms with van der Waals surface area (Å²) in [6.07, 6.45) is -0.453. The second kappa shape index (κ2) is 13.3. The first-order valence-corrected chi connectivity index (χ1v) is 11.8. The van der Waals surface area contributed by atoms with Crippen molar-refractivity contribution >= 4 is 17.8 Å². The molecular weight excluding hydrogens is 453 g/mol. The third-order valence-corrected chi connectivity index (χ3v) is 5.99. The van der Waals surface area contributed by atoms with Crippen LogP contribution in [0.1, 0.15) is 76.5 Å². The number of carbonyl (C=O) groups is 3. The monoisotopic (exact) mass is 486 g/mol. The van der Waals surface area contributed by atoms with Gasteiger partial charge in [0.15, 0.2) is 11.9 Å². The van der Waals surface area contributed by atoms with Gasteiger partial charge in [-0.1, -0.05) is 26.7 Å². The molecule has 0 aromatic carbocycles.